The maximum absolute atomic E-state index is 14.3. The van der Waals surface area contributed by atoms with Gasteiger partial charge in [-0.1, -0.05) is 54.5 Å². The van der Waals surface area contributed by atoms with E-state index in [9.17, 15) is 22.8 Å². The lowest BCUT2D eigenvalue weighted by atomic mass is 10.0. The summed E-state index contributed by atoms with van der Waals surface area (Å²) < 4.78 is 47.9. The highest BCUT2D eigenvalue weighted by Crippen LogP contribution is 2.37. The van der Waals surface area contributed by atoms with E-state index in [4.69, 9.17) is 23.2 Å². The van der Waals surface area contributed by atoms with E-state index in [1.807, 2.05) is 26.0 Å². The van der Waals surface area contributed by atoms with Crippen LogP contribution in [0.15, 0.2) is 36.4 Å². The summed E-state index contributed by atoms with van der Waals surface area (Å²) in [6, 6.07) is 8.91. The number of esters is 1. The lowest BCUT2D eigenvalue weighted by molar-refractivity contribution is -0.203. The lowest BCUT2D eigenvalue weighted by Crippen LogP contribution is -2.69. The first-order valence-electron chi connectivity index (χ1n) is 9.49. The number of nitrogens with one attached hydrogen (secondary N) is 2. The number of methoxy groups -OCH3 is 1. The van der Waals surface area contributed by atoms with Crippen LogP contribution in [0, 0.1) is 0 Å². The molecule has 0 unspecified atom stereocenters. The van der Waals surface area contributed by atoms with Gasteiger partial charge in [0.25, 0.3) is 5.91 Å². The Morgan fingerprint density at radius 1 is 1.12 bits per heavy atom. The van der Waals surface area contributed by atoms with Crippen molar-refractivity contribution in [2.75, 3.05) is 12.4 Å². The number of carbonyl (C=O) groups is 2. The predicted molar refractivity (Wildman–Crippen MR) is 122 cm³/mol. The van der Waals surface area contributed by atoms with Crippen molar-refractivity contribution in [3.8, 4) is 0 Å². The highest BCUT2D eigenvalue weighted by Gasteiger charge is 2.64. The summed E-state index contributed by atoms with van der Waals surface area (Å²) in [5.74, 6) is -2.86. The van der Waals surface area contributed by atoms with Crippen molar-refractivity contribution in [1.82, 2.24) is 10.3 Å². The Bertz CT molecular complexity index is 1220. The number of alkyl halides is 3. The largest absolute Gasteiger partial charge is 0.466 e. The summed E-state index contributed by atoms with van der Waals surface area (Å²) in [6.45, 7) is 3.95. The average Bonchev–Trinajstić information content (AvgIpc) is 3.12. The molecule has 12 heteroatoms. The van der Waals surface area contributed by atoms with Gasteiger partial charge in [-0.05, 0) is 41.8 Å². The summed E-state index contributed by atoms with van der Waals surface area (Å²) in [4.78, 5) is 29.3. The van der Waals surface area contributed by atoms with Crippen LogP contribution in [-0.4, -0.2) is 35.8 Å². The van der Waals surface area contributed by atoms with Crippen LogP contribution in [0.4, 0.5) is 18.3 Å². The molecular formula is C21H18Cl2F3N3O3S. The fourth-order valence-electron chi connectivity index (χ4n) is 2.97. The Hall–Kier alpha value is -2.56. The second kappa shape index (κ2) is 9.36. The SMILES string of the molecule is COC(=O)[C@@](NC(=O)c1ccc(Cl)cc1Cl)(Nc1nc2ccc(C(C)C)cc2s1)C(F)(F)F. The Morgan fingerprint density at radius 2 is 1.82 bits per heavy atom. The van der Waals surface area contributed by atoms with Crippen LogP contribution >= 0.6 is 34.5 Å². The standard InChI is InChI=1S/C21H18Cl2F3N3O3S/c1-10(2)11-4-7-15-16(8-11)33-19(27-15)29-20(18(31)32-3,21(24,25)26)28-17(30)13-6-5-12(22)9-14(13)23/h4-10H,1-3H3,(H,27,29)(H,28,30)/t20-/m1/s1. The molecule has 0 aliphatic rings. The molecule has 1 atom stereocenters. The van der Waals surface area contributed by atoms with Gasteiger partial charge in [-0.25, -0.2) is 9.78 Å². The molecule has 0 radical (unpaired) electrons. The van der Waals surface area contributed by atoms with Crippen molar-refractivity contribution in [1.29, 1.82) is 0 Å². The molecule has 0 saturated carbocycles. The summed E-state index contributed by atoms with van der Waals surface area (Å²) in [7, 11) is 0.777. The maximum atomic E-state index is 14.3. The van der Waals surface area contributed by atoms with Crippen molar-refractivity contribution < 1.29 is 27.5 Å². The summed E-state index contributed by atoms with van der Waals surface area (Å²) in [5.41, 5.74) is -2.54. The number of amides is 1. The Kier molecular flexibility index (Phi) is 7.11. The van der Waals surface area contributed by atoms with Crippen LogP contribution < -0.4 is 10.6 Å². The van der Waals surface area contributed by atoms with Gasteiger partial charge in [0.05, 0.1) is 27.9 Å². The molecule has 6 nitrogen and oxygen atoms in total. The molecule has 3 aromatic rings. The first-order chi connectivity index (χ1) is 15.4. The summed E-state index contributed by atoms with van der Waals surface area (Å²) >= 11 is 12.7. The quantitative estimate of drug-likeness (QED) is 0.308. The van der Waals surface area contributed by atoms with E-state index >= 15 is 0 Å². The molecule has 0 aliphatic carbocycles. The smallest absolute Gasteiger partial charge is 0.442 e. The van der Waals surface area contributed by atoms with E-state index < -0.39 is 23.7 Å². The van der Waals surface area contributed by atoms with Gasteiger partial charge in [0.2, 0.25) is 0 Å². The second-order valence-corrected chi connectivity index (χ2v) is 9.22. The number of thiazole rings is 1. The normalized spacial score (nSPS) is 13.6. The van der Waals surface area contributed by atoms with Crippen LogP contribution in [0.25, 0.3) is 10.2 Å². The molecule has 2 aromatic carbocycles. The molecule has 0 spiro atoms. The molecule has 0 bridgehead atoms. The van der Waals surface area contributed by atoms with E-state index in [-0.39, 0.29) is 26.7 Å². The number of rotatable bonds is 6. The zero-order valence-electron chi connectivity index (χ0n) is 17.5. The number of fused-ring (bicyclic) bond motifs is 1. The number of hydrogen-bond donors (Lipinski definition) is 2. The minimum Gasteiger partial charge on any atom is -0.466 e. The van der Waals surface area contributed by atoms with E-state index in [0.29, 0.717) is 10.2 Å². The highest BCUT2D eigenvalue weighted by molar-refractivity contribution is 7.22. The minimum atomic E-state index is -5.31. The number of anilines is 1. The number of halogens is 5. The Morgan fingerprint density at radius 3 is 2.39 bits per heavy atom. The van der Waals surface area contributed by atoms with Crippen LogP contribution in [-0.2, 0) is 9.53 Å². The minimum absolute atomic E-state index is 0.181. The molecule has 176 valence electrons. The van der Waals surface area contributed by atoms with Crippen LogP contribution in [0.1, 0.15) is 35.7 Å². The van der Waals surface area contributed by atoms with Crippen LogP contribution in [0.2, 0.25) is 10.0 Å². The number of hydrogen-bond acceptors (Lipinski definition) is 6. The van der Waals surface area contributed by atoms with Gasteiger partial charge in [-0.2, -0.15) is 13.2 Å². The molecule has 1 amide bonds. The Balaban J connectivity index is 2.06. The van der Waals surface area contributed by atoms with Gasteiger partial charge in [-0.15, -0.1) is 0 Å². The highest BCUT2D eigenvalue weighted by atomic mass is 35.5. The van der Waals surface area contributed by atoms with Gasteiger partial charge >= 0.3 is 17.8 Å². The second-order valence-electron chi connectivity index (χ2n) is 7.34. The molecule has 2 N–H and O–H groups in total. The van der Waals surface area contributed by atoms with Crippen molar-refractivity contribution in [3.05, 3.63) is 57.6 Å². The molecule has 0 saturated heterocycles. The fourth-order valence-corrected chi connectivity index (χ4v) is 4.43. The maximum Gasteiger partial charge on any atom is 0.442 e. The first kappa shape index (κ1) is 25.1. The third-order valence-electron chi connectivity index (χ3n) is 4.77. The molecule has 0 aliphatic heterocycles. The van der Waals surface area contributed by atoms with Crippen LogP contribution in [0.5, 0.6) is 0 Å². The molecule has 33 heavy (non-hydrogen) atoms. The zero-order chi connectivity index (χ0) is 24.6. The topological polar surface area (TPSA) is 80.3 Å². The number of aromatic nitrogens is 1. The predicted octanol–water partition coefficient (Wildman–Crippen LogP) is 6.00. The number of benzene rings is 2. The number of nitrogens with zero attached hydrogens (tertiary/aromatic N) is 1. The lowest BCUT2D eigenvalue weighted by Gasteiger charge is -2.34. The molecule has 3 rings (SSSR count). The van der Waals surface area contributed by atoms with Crippen LogP contribution in [0.3, 0.4) is 0 Å². The van der Waals surface area contributed by atoms with E-state index in [1.165, 1.54) is 12.1 Å². The fraction of sp³-hybridized carbons (Fsp3) is 0.286. The monoisotopic (exact) mass is 519 g/mol. The van der Waals surface area contributed by atoms with Crippen molar-refractivity contribution in [2.45, 2.75) is 31.6 Å². The Labute approximate surface area is 201 Å². The third-order valence-corrected chi connectivity index (χ3v) is 6.25. The van der Waals surface area contributed by atoms with E-state index in [1.54, 1.807) is 11.4 Å². The van der Waals surface area contributed by atoms with Gasteiger partial charge < -0.3 is 15.4 Å². The number of carbonyl (C=O) groups excluding carboxylic acids is 2. The molecule has 1 aromatic heterocycles. The van der Waals surface area contributed by atoms with Crippen molar-refractivity contribution >= 4 is 61.8 Å². The zero-order valence-corrected chi connectivity index (χ0v) is 19.8. The van der Waals surface area contributed by atoms with E-state index in [0.717, 1.165) is 30.1 Å². The van der Waals surface area contributed by atoms with Crippen molar-refractivity contribution in [3.63, 3.8) is 0 Å². The van der Waals surface area contributed by atoms with Gasteiger partial charge in [-0.3, -0.25) is 4.79 Å². The van der Waals surface area contributed by atoms with Gasteiger partial charge in [0.15, 0.2) is 5.13 Å². The number of ether oxygens (including phenoxy) is 1. The molecule has 1 heterocycles. The van der Waals surface area contributed by atoms with Crippen molar-refractivity contribution in [2.24, 2.45) is 0 Å². The summed E-state index contributed by atoms with van der Waals surface area (Å²) in [6.07, 6.45) is -5.31. The first-order valence-corrected chi connectivity index (χ1v) is 11.1. The summed E-state index contributed by atoms with van der Waals surface area (Å²) in [5, 5.41) is 3.52. The third kappa shape index (κ3) is 5.02. The molecular weight excluding hydrogens is 502 g/mol. The van der Waals surface area contributed by atoms with Gasteiger partial charge in [0, 0.05) is 5.02 Å². The average molecular weight is 520 g/mol. The van der Waals surface area contributed by atoms with E-state index in [2.05, 4.69) is 15.0 Å². The van der Waals surface area contributed by atoms with Gasteiger partial charge in [0.1, 0.15) is 0 Å². The molecule has 0 fully saturated rings.